The molecular formula is C25H29ClFN3O2. The van der Waals surface area contributed by atoms with Crippen molar-refractivity contribution in [1.29, 1.82) is 0 Å². The van der Waals surface area contributed by atoms with E-state index in [1.165, 1.54) is 18.9 Å². The van der Waals surface area contributed by atoms with Gasteiger partial charge in [-0.15, -0.1) is 0 Å². The Bertz CT molecular complexity index is 1040. The van der Waals surface area contributed by atoms with E-state index in [4.69, 9.17) is 27.1 Å². The molecule has 3 fully saturated rings. The predicted octanol–water partition coefficient (Wildman–Crippen LogP) is 5.33. The van der Waals surface area contributed by atoms with Crippen LogP contribution < -0.4 is 10.5 Å². The molecular weight excluding hydrogens is 429 g/mol. The maximum atomic E-state index is 14.5. The van der Waals surface area contributed by atoms with Crippen molar-refractivity contribution in [2.75, 3.05) is 13.1 Å². The molecule has 0 radical (unpaired) electrons. The first-order valence-corrected chi connectivity index (χ1v) is 12.0. The Kier molecular flexibility index (Phi) is 5.84. The lowest BCUT2D eigenvalue weighted by Gasteiger charge is -2.37. The molecule has 2 heterocycles. The highest BCUT2D eigenvalue weighted by Crippen LogP contribution is 2.46. The number of benzene rings is 1. The zero-order valence-electron chi connectivity index (χ0n) is 18.3. The topological polar surface area (TPSA) is 68.5 Å². The van der Waals surface area contributed by atoms with E-state index in [1.54, 1.807) is 6.07 Å². The Balaban J connectivity index is 1.32. The van der Waals surface area contributed by atoms with Crippen LogP contribution >= 0.6 is 11.6 Å². The molecule has 170 valence electrons. The number of hydrogen-bond acceptors (Lipinski definition) is 4. The largest absolute Gasteiger partial charge is 0.489 e. The fourth-order valence-electron chi connectivity index (χ4n) is 4.71. The standard InChI is InChI=1S/C25H29ClFN3O2/c1-14(22-9-8-20(26)24(29-22)16-6-7-16)30-10-2-3-17(13-30)32-23-12-21(27)19(25(28)31)11-18(23)15-4-5-15/h8-9,11-12,14-17H,2-7,10,13H2,1H3,(H2,28,31). The Morgan fingerprint density at radius 2 is 1.97 bits per heavy atom. The van der Waals surface area contributed by atoms with Crippen molar-refractivity contribution < 1.29 is 13.9 Å². The van der Waals surface area contributed by atoms with Crippen molar-refractivity contribution in [3.05, 3.63) is 57.6 Å². The molecule has 0 bridgehead atoms. The normalized spacial score (nSPS) is 22.5. The number of aromatic nitrogens is 1. The monoisotopic (exact) mass is 457 g/mol. The fourth-order valence-corrected chi connectivity index (χ4v) is 4.97. The van der Waals surface area contributed by atoms with Crippen LogP contribution in [0.15, 0.2) is 24.3 Å². The van der Waals surface area contributed by atoms with Gasteiger partial charge in [-0.2, -0.15) is 0 Å². The van der Waals surface area contributed by atoms with Crippen LogP contribution in [0.3, 0.4) is 0 Å². The Labute approximate surface area is 193 Å². The maximum Gasteiger partial charge on any atom is 0.251 e. The first kappa shape index (κ1) is 21.7. The van der Waals surface area contributed by atoms with Gasteiger partial charge in [-0.3, -0.25) is 14.7 Å². The SMILES string of the molecule is CC(c1ccc(Cl)c(C2CC2)n1)N1CCCC(Oc2cc(F)c(C(N)=O)cc2C2CC2)C1. The molecule has 5 rings (SSSR count). The number of primary amides is 1. The van der Waals surface area contributed by atoms with Crippen molar-refractivity contribution in [2.24, 2.45) is 5.73 Å². The van der Waals surface area contributed by atoms with Gasteiger partial charge in [0.05, 0.1) is 22.0 Å². The number of ether oxygens (including phenoxy) is 1. The zero-order chi connectivity index (χ0) is 22.4. The summed E-state index contributed by atoms with van der Waals surface area (Å²) in [7, 11) is 0. The molecule has 2 aromatic rings. The summed E-state index contributed by atoms with van der Waals surface area (Å²) in [6.07, 6.45) is 6.25. The number of halogens is 2. The van der Waals surface area contributed by atoms with E-state index < -0.39 is 11.7 Å². The lowest BCUT2D eigenvalue weighted by atomic mass is 10.0. The second-order valence-corrected chi connectivity index (χ2v) is 9.85. The predicted molar refractivity (Wildman–Crippen MR) is 122 cm³/mol. The summed E-state index contributed by atoms with van der Waals surface area (Å²) in [5, 5.41) is 0.761. The van der Waals surface area contributed by atoms with Gasteiger partial charge in [-0.1, -0.05) is 11.6 Å². The van der Waals surface area contributed by atoms with Crippen LogP contribution in [-0.2, 0) is 0 Å². The fraction of sp³-hybridized carbons (Fsp3) is 0.520. The van der Waals surface area contributed by atoms with Crippen LogP contribution in [0.1, 0.15) is 90.6 Å². The highest BCUT2D eigenvalue weighted by molar-refractivity contribution is 6.31. The molecule has 2 atom stereocenters. The van der Waals surface area contributed by atoms with E-state index in [-0.39, 0.29) is 17.7 Å². The van der Waals surface area contributed by atoms with Gasteiger partial charge in [-0.05, 0) is 81.7 Å². The molecule has 32 heavy (non-hydrogen) atoms. The van der Waals surface area contributed by atoms with Gasteiger partial charge < -0.3 is 10.5 Å². The summed E-state index contributed by atoms with van der Waals surface area (Å²) in [6, 6.07) is 7.07. The first-order valence-electron chi connectivity index (χ1n) is 11.6. The maximum absolute atomic E-state index is 14.5. The first-order chi connectivity index (χ1) is 15.4. The lowest BCUT2D eigenvalue weighted by Crippen LogP contribution is -2.42. The van der Waals surface area contributed by atoms with Gasteiger partial charge >= 0.3 is 0 Å². The summed E-state index contributed by atoms with van der Waals surface area (Å²) < 4.78 is 20.8. The third-order valence-electron chi connectivity index (χ3n) is 6.92. The molecule has 2 N–H and O–H groups in total. The second kappa shape index (κ2) is 8.64. The van der Waals surface area contributed by atoms with Gasteiger partial charge in [0.2, 0.25) is 0 Å². The van der Waals surface area contributed by atoms with Crippen molar-refractivity contribution in [3.63, 3.8) is 0 Å². The van der Waals surface area contributed by atoms with Gasteiger partial charge in [0, 0.05) is 24.6 Å². The number of pyridine rings is 1. The second-order valence-electron chi connectivity index (χ2n) is 9.44. The van der Waals surface area contributed by atoms with Crippen molar-refractivity contribution in [3.8, 4) is 5.75 Å². The molecule has 1 aromatic heterocycles. The molecule has 2 unspecified atom stereocenters. The third-order valence-corrected chi connectivity index (χ3v) is 7.24. The number of carbonyl (C=O) groups excluding carboxylic acids is 1. The molecule has 1 amide bonds. The van der Waals surface area contributed by atoms with Gasteiger partial charge in [-0.25, -0.2) is 4.39 Å². The van der Waals surface area contributed by atoms with Crippen molar-refractivity contribution in [1.82, 2.24) is 9.88 Å². The molecule has 1 saturated heterocycles. The molecule has 3 aliphatic rings. The van der Waals surface area contributed by atoms with Crippen LogP contribution in [0.5, 0.6) is 5.75 Å². The average Bonchev–Trinajstić information content (AvgIpc) is 3.67. The van der Waals surface area contributed by atoms with Crippen LogP contribution in [-0.4, -0.2) is 35.0 Å². The minimum atomic E-state index is -0.741. The molecule has 1 aliphatic heterocycles. The van der Waals surface area contributed by atoms with E-state index in [0.29, 0.717) is 17.6 Å². The summed E-state index contributed by atoms with van der Waals surface area (Å²) in [4.78, 5) is 18.9. The molecule has 7 heteroatoms. The lowest BCUT2D eigenvalue weighted by molar-refractivity contribution is 0.0639. The Hall–Kier alpha value is -2.18. The average molecular weight is 458 g/mol. The Morgan fingerprint density at radius 3 is 2.66 bits per heavy atom. The zero-order valence-corrected chi connectivity index (χ0v) is 19.1. The quantitative estimate of drug-likeness (QED) is 0.610. The van der Waals surface area contributed by atoms with E-state index in [9.17, 15) is 9.18 Å². The van der Waals surface area contributed by atoms with Crippen LogP contribution in [0.2, 0.25) is 5.02 Å². The number of rotatable bonds is 7. The minimum Gasteiger partial charge on any atom is -0.489 e. The van der Waals surface area contributed by atoms with Crippen LogP contribution in [0, 0.1) is 5.82 Å². The molecule has 2 aliphatic carbocycles. The van der Waals surface area contributed by atoms with E-state index in [2.05, 4.69) is 11.8 Å². The number of amides is 1. The van der Waals surface area contributed by atoms with Crippen LogP contribution in [0.4, 0.5) is 4.39 Å². The highest BCUT2D eigenvalue weighted by Gasteiger charge is 2.33. The number of piperidine rings is 1. The Morgan fingerprint density at radius 1 is 1.22 bits per heavy atom. The number of likely N-dealkylation sites (tertiary alicyclic amines) is 1. The number of nitrogens with two attached hydrogens (primary N) is 1. The smallest absolute Gasteiger partial charge is 0.251 e. The van der Waals surface area contributed by atoms with E-state index >= 15 is 0 Å². The highest BCUT2D eigenvalue weighted by atomic mass is 35.5. The molecule has 0 spiro atoms. The van der Waals surface area contributed by atoms with Gasteiger partial charge in [0.15, 0.2) is 0 Å². The summed E-state index contributed by atoms with van der Waals surface area (Å²) >= 11 is 6.37. The summed E-state index contributed by atoms with van der Waals surface area (Å²) in [5.74, 6) is 0.0216. The van der Waals surface area contributed by atoms with E-state index in [0.717, 1.165) is 60.7 Å². The van der Waals surface area contributed by atoms with Gasteiger partial charge in [0.25, 0.3) is 5.91 Å². The number of carbonyl (C=O) groups is 1. The third kappa shape index (κ3) is 4.48. The van der Waals surface area contributed by atoms with Gasteiger partial charge in [0.1, 0.15) is 17.7 Å². The molecule has 2 saturated carbocycles. The van der Waals surface area contributed by atoms with E-state index in [1.807, 2.05) is 12.1 Å². The number of hydrogen-bond donors (Lipinski definition) is 1. The molecule has 5 nitrogen and oxygen atoms in total. The van der Waals surface area contributed by atoms with Crippen molar-refractivity contribution in [2.45, 2.75) is 69.4 Å². The van der Waals surface area contributed by atoms with Crippen molar-refractivity contribution >= 4 is 17.5 Å². The summed E-state index contributed by atoms with van der Waals surface area (Å²) in [6.45, 7) is 3.88. The molecule has 1 aromatic carbocycles. The minimum absolute atomic E-state index is 0.0438. The van der Waals surface area contributed by atoms with Crippen LogP contribution in [0.25, 0.3) is 0 Å². The summed E-state index contributed by atoms with van der Waals surface area (Å²) in [5.41, 5.74) is 8.25. The number of nitrogens with zero attached hydrogens (tertiary/aromatic N) is 2.